The topological polar surface area (TPSA) is 16.1 Å². The van der Waals surface area contributed by atoms with Gasteiger partial charge in [-0.2, -0.15) is 0 Å². The van der Waals surface area contributed by atoms with E-state index in [9.17, 15) is 0 Å². The van der Waals surface area contributed by atoms with Crippen molar-refractivity contribution in [3.05, 3.63) is 126 Å². The zero-order chi connectivity index (χ0) is 25.2. The first-order valence-corrected chi connectivity index (χ1v) is 12.7. The molecule has 2 heteroatoms. The Bertz CT molecular complexity index is 1550. The molecular weight excluding hydrogens is 436 g/mol. The monoisotopic (exact) mass is 468 g/mol. The first-order valence-electron chi connectivity index (χ1n) is 12.7. The van der Waals surface area contributed by atoms with E-state index in [-0.39, 0.29) is 10.8 Å². The van der Waals surface area contributed by atoms with Crippen LogP contribution in [0.1, 0.15) is 56.9 Å². The molecule has 2 nitrogen and oxygen atoms in total. The van der Waals surface area contributed by atoms with E-state index in [1.807, 2.05) is 30.6 Å². The third-order valence-electron chi connectivity index (χ3n) is 8.30. The van der Waals surface area contributed by atoms with E-state index >= 15 is 0 Å². The highest BCUT2D eigenvalue weighted by Gasteiger charge is 2.41. The fraction of sp³-hybridized carbons (Fsp3) is 0.206. The summed E-state index contributed by atoms with van der Waals surface area (Å²) in [7, 11) is 0. The quantitative estimate of drug-likeness (QED) is 0.278. The molecule has 4 aromatic rings. The maximum atomic E-state index is 4.23. The molecule has 178 valence electrons. The molecule has 2 aliphatic rings. The third-order valence-corrected chi connectivity index (χ3v) is 8.30. The van der Waals surface area contributed by atoms with Gasteiger partial charge in [0.1, 0.15) is 0 Å². The van der Waals surface area contributed by atoms with E-state index in [1.54, 1.807) is 0 Å². The number of rotatable bonds is 4. The Labute approximate surface area is 214 Å². The van der Waals surface area contributed by atoms with Crippen molar-refractivity contribution in [2.24, 2.45) is 0 Å². The fourth-order valence-electron chi connectivity index (χ4n) is 6.33. The third kappa shape index (κ3) is 3.00. The zero-order valence-electron chi connectivity index (χ0n) is 21.8. The minimum Gasteiger partial charge on any atom is -0.311 e. The van der Waals surface area contributed by atoms with Crippen LogP contribution in [0.2, 0.25) is 0 Å². The van der Waals surface area contributed by atoms with Crippen LogP contribution in [0.4, 0.5) is 11.4 Å². The van der Waals surface area contributed by atoms with Crippen molar-refractivity contribution in [3.63, 3.8) is 0 Å². The van der Waals surface area contributed by atoms with E-state index in [0.717, 1.165) is 17.1 Å². The van der Waals surface area contributed by atoms with Crippen LogP contribution in [0.25, 0.3) is 22.3 Å². The molecule has 6 rings (SSSR count). The second kappa shape index (κ2) is 7.80. The van der Waals surface area contributed by atoms with Crippen molar-refractivity contribution in [3.8, 4) is 22.3 Å². The van der Waals surface area contributed by atoms with E-state index in [2.05, 4.69) is 112 Å². The molecule has 0 fully saturated rings. The maximum absolute atomic E-state index is 4.23. The lowest BCUT2D eigenvalue weighted by atomic mass is 9.77. The molecule has 0 unspecified atom stereocenters. The van der Waals surface area contributed by atoms with Gasteiger partial charge in [0.05, 0.1) is 0 Å². The smallest absolute Gasteiger partial charge is 0.0492 e. The summed E-state index contributed by atoms with van der Waals surface area (Å²) < 4.78 is 0. The summed E-state index contributed by atoms with van der Waals surface area (Å²) in [6, 6.07) is 24.8. The van der Waals surface area contributed by atoms with Gasteiger partial charge >= 0.3 is 0 Å². The lowest BCUT2D eigenvalue weighted by Crippen LogP contribution is -2.20. The minimum atomic E-state index is -0.102. The van der Waals surface area contributed by atoms with Gasteiger partial charge in [-0.15, -0.1) is 0 Å². The number of fused-ring (bicyclic) bond motifs is 6. The Hall–Kier alpha value is -3.91. The number of hydrogen-bond donors (Lipinski definition) is 0. The summed E-state index contributed by atoms with van der Waals surface area (Å²) in [5.41, 5.74) is 14.2. The standard InChI is InChI=1S/C34H32N2/c1-7-22(8-2)36(23-15-17-35-18-16-23)24-13-14-26-28-20-27-25-11-9-10-12-29(25)33(3,4)31(27)21-32(28)34(5,6)30(26)19-24/h7-21H,1H2,2-6H3/b22-8+. The van der Waals surface area contributed by atoms with Crippen molar-refractivity contribution < 1.29 is 0 Å². The molecular formula is C34H32N2. The molecule has 0 saturated carbocycles. The minimum absolute atomic E-state index is 0.000101. The van der Waals surface area contributed by atoms with Gasteiger partial charge in [-0.1, -0.05) is 76.7 Å². The largest absolute Gasteiger partial charge is 0.311 e. The number of anilines is 2. The van der Waals surface area contributed by atoms with Crippen molar-refractivity contribution in [1.29, 1.82) is 0 Å². The van der Waals surface area contributed by atoms with Crippen LogP contribution >= 0.6 is 0 Å². The molecule has 0 saturated heterocycles. The van der Waals surface area contributed by atoms with Crippen LogP contribution in [0, 0.1) is 0 Å². The lowest BCUT2D eigenvalue weighted by molar-refractivity contribution is 0.639. The molecule has 0 spiro atoms. The summed E-state index contributed by atoms with van der Waals surface area (Å²) in [5.74, 6) is 0. The number of hydrogen-bond acceptors (Lipinski definition) is 2. The average Bonchev–Trinajstić information content (AvgIpc) is 3.26. The molecule has 1 aromatic heterocycles. The number of benzene rings is 3. The molecule has 1 heterocycles. The Morgan fingerprint density at radius 3 is 1.97 bits per heavy atom. The van der Waals surface area contributed by atoms with E-state index in [1.165, 1.54) is 44.5 Å². The predicted molar refractivity (Wildman–Crippen MR) is 152 cm³/mol. The number of allylic oxidation sites excluding steroid dienone is 2. The summed E-state index contributed by atoms with van der Waals surface area (Å²) in [4.78, 5) is 6.48. The van der Waals surface area contributed by atoms with Crippen LogP contribution in [-0.4, -0.2) is 4.98 Å². The first-order chi connectivity index (χ1) is 17.3. The highest BCUT2D eigenvalue weighted by Crippen LogP contribution is 2.56. The van der Waals surface area contributed by atoms with Crippen LogP contribution < -0.4 is 4.90 Å². The van der Waals surface area contributed by atoms with Gasteiger partial charge in [0, 0.05) is 40.3 Å². The molecule has 0 N–H and O–H groups in total. The van der Waals surface area contributed by atoms with Gasteiger partial charge in [0.25, 0.3) is 0 Å². The molecule has 0 radical (unpaired) electrons. The molecule has 0 amide bonds. The molecule has 3 aromatic carbocycles. The van der Waals surface area contributed by atoms with Crippen molar-refractivity contribution in [2.45, 2.75) is 45.4 Å². The van der Waals surface area contributed by atoms with Gasteiger partial charge in [-0.3, -0.25) is 4.98 Å². The second-order valence-electron chi connectivity index (χ2n) is 10.9. The number of aromatic nitrogens is 1. The normalized spacial score (nSPS) is 16.1. The Morgan fingerprint density at radius 1 is 0.694 bits per heavy atom. The van der Waals surface area contributed by atoms with Gasteiger partial charge in [-0.05, 0) is 87.8 Å². The van der Waals surface area contributed by atoms with E-state index in [0.29, 0.717) is 0 Å². The van der Waals surface area contributed by atoms with E-state index in [4.69, 9.17) is 0 Å². The first kappa shape index (κ1) is 22.5. The summed E-state index contributed by atoms with van der Waals surface area (Å²) in [6.07, 6.45) is 7.70. The van der Waals surface area contributed by atoms with E-state index < -0.39 is 0 Å². The lowest BCUT2D eigenvalue weighted by Gasteiger charge is -2.29. The second-order valence-corrected chi connectivity index (χ2v) is 10.9. The van der Waals surface area contributed by atoms with Crippen LogP contribution in [-0.2, 0) is 10.8 Å². The average molecular weight is 469 g/mol. The highest BCUT2D eigenvalue weighted by atomic mass is 15.1. The van der Waals surface area contributed by atoms with Crippen LogP contribution in [0.15, 0.2) is 104 Å². The molecule has 0 atom stereocenters. The highest BCUT2D eigenvalue weighted by molar-refractivity contribution is 5.91. The van der Waals surface area contributed by atoms with Gasteiger partial charge in [0.2, 0.25) is 0 Å². The molecule has 0 bridgehead atoms. The zero-order valence-corrected chi connectivity index (χ0v) is 21.8. The number of nitrogens with zero attached hydrogens (tertiary/aromatic N) is 2. The van der Waals surface area contributed by atoms with Crippen molar-refractivity contribution in [2.75, 3.05) is 4.90 Å². The maximum Gasteiger partial charge on any atom is 0.0492 e. The van der Waals surface area contributed by atoms with Crippen molar-refractivity contribution in [1.82, 2.24) is 4.98 Å². The summed E-state index contributed by atoms with van der Waals surface area (Å²) >= 11 is 0. The molecule has 2 aliphatic carbocycles. The Balaban J connectivity index is 1.54. The summed E-state index contributed by atoms with van der Waals surface area (Å²) in [6.45, 7) is 15.6. The van der Waals surface area contributed by atoms with Crippen LogP contribution in [0.5, 0.6) is 0 Å². The number of pyridine rings is 1. The van der Waals surface area contributed by atoms with Gasteiger partial charge in [0.15, 0.2) is 0 Å². The molecule has 36 heavy (non-hydrogen) atoms. The fourth-order valence-corrected chi connectivity index (χ4v) is 6.33. The Morgan fingerprint density at radius 2 is 1.31 bits per heavy atom. The van der Waals surface area contributed by atoms with Gasteiger partial charge < -0.3 is 4.90 Å². The van der Waals surface area contributed by atoms with Crippen LogP contribution in [0.3, 0.4) is 0 Å². The SMILES string of the molecule is C=C/C(=C\C)N(c1ccncc1)c1ccc2c(c1)C(C)(C)c1cc3c(cc1-2)-c1ccccc1C3(C)C. The molecule has 0 aliphatic heterocycles. The van der Waals surface area contributed by atoms with Crippen molar-refractivity contribution >= 4 is 11.4 Å². The van der Waals surface area contributed by atoms with Gasteiger partial charge in [-0.25, -0.2) is 0 Å². The Kier molecular flexibility index (Phi) is 4.88. The predicted octanol–water partition coefficient (Wildman–Crippen LogP) is 8.92. The summed E-state index contributed by atoms with van der Waals surface area (Å²) in [5, 5.41) is 0.